The molecular weight excluding hydrogens is 312 g/mol. The van der Waals surface area contributed by atoms with Crippen LogP contribution < -0.4 is 0 Å². The molecule has 3 aromatic rings. The van der Waals surface area contributed by atoms with Crippen LogP contribution in [0.4, 0.5) is 0 Å². The summed E-state index contributed by atoms with van der Waals surface area (Å²) < 4.78 is 1.58. The lowest BCUT2D eigenvalue weighted by Crippen LogP contribution is -2.28. The minimum atomic E-state index is -0.0611. The molecule has 2 aromatic heterocycles. The number of ketones is 1. The van der Waals surface area contributed by atoms with Crippen molar-refractivity contribution >= 4 is 23.2 Å². The fourth-order valence-electron chi connectivity index (χ4n) is 2.99. The van der Waals surface area contributed by atoms with Gasteiger partial charge in [0.1, 0.15) is 0 Å². The van der Waals surface area contributed by atoms with Crippen molar-refractivity contribution in [1.82, 2.24) is 19.6 Å². The van der Waals surface area contributed by atoms with Gasteiger partial charge in [-0.3, -0.25) is 4.79 Å². The van der Waals surface area contributed by atoms with Crippen LogP contribution in [0.15, 0.2) is 30.5 Å². The summed E-state index contributed by atoms with van der Waals surface area (Å²) in [6.07, 6.45) is 3.06. The summed E-state index contributed by atoms with van der Waals surface area (Å²) in [5.41, 5.74) is 2.27. The van der Waals surface area contributed by atoms with Crippen molar-refractivity contribution in [2.24, 2.45) is 5.41 Å². The molecule has 1 aromatic carbocycles. The van der Waals surface area contributed by atoms with Crippen molar-refractivity contribution in [3.8, 4) is 11.4 Å². The van der Waals surface area contributed by atoms with Crippen LogP contribution in [0.2, 0.25) is 5.02 Å². The third-order valence-electron chi connectivity index (χ3n) is 4.10. The first kappa shape index (κ1) is 14.3. The fraction of sp³-hybridized carbons (Fsp3) is 0.294. The fourth-order valence-corrected chi connectivity index (χ4v) is 3.12. The van der Waals surface area contributed by atoms with E-state index >= 15 is 0 Å². The molecule has 1 aliphatic rings. The van der Waals surface area contributed by atoms with Gasteiger partial charge in [-0.15, -0.1) is 5.10 Å². The lowest BCUT2D eigenvalue weighted by atomic mass is 9.76. The Labute approximate surface area is 138 Å². The topological polar surface area (TPSA) is 60.2 Å². The van der Waals surface area contributed by atoms with Crippen molar-refractivity contribution in [1.29, 1.82) is 0 Å². The zero-order chi connectivity index (χ0) is 16.2. The van der Waals surface area contributed by atoms with Gasteiger partial charge in [0.2, 0.25) is 0 Å². The molecule has 0 atom stereocenters. The third-order valence-corrected chi connectivity index (χ3v) is 4.35. The average Bonchev–Trinajstić information content (AvgIpc) is 2.88. The van der Waals surface area contributed by atoms with Crippen LogP contribution in [0, 0.1) is 5.41 Å². The molecule has 0 spiro atoms. The van der Waals surface area contributed by atoms with Crippen molar-refractivity contribution < 1.29 is 4.79 Å². The standard InChI is InChI=1S/C17H15ClN4O/c1-17(2)7-13-12(14(23)8-17)9-22-16(19-13)20-15(21-22)10-3-5-11(18)6-4-10/h3-6,9H,7-8H2,1-2H3. The zero-order valence-corrected chi connectivity index (χ0v) is 13.6. The van der Waals surface area contributed by atoms with E-state index in [4.69, 9.17) is 11.6 Å². The third kappa shape index (κ3) is 2.51. The Morgan fingerprint density at radius 3 is 2.61 bits per heavy atom. The zero-order valence-electron chi connectivity index (χ0n) is 12.9. The largest absolute Gasteiger partial charge is 0.294 e. The van der Waals surface area contributed by atoms with E-state index in [1.807, 2.05) is 12.1 Å². The molecule has 4 rings (SSSR count). The highest BCUT2D eigenvalue weighted by Gasteiger charge is 2.32. The smallest absolute Gasteiger partial charge is 0.252 e. The minimum absolute atomic E-state index is 0.0611. The number of aromatic nitrogens is 4. The molecule has 1 aliphatic carbocycles. The molecular formula is C17H15ClN4O. The van der Waals surface area contributed by atoms with E-state index in [9.17, 15) is 4.79 Å². The predicted molar refractivity (Wildman–Crippen MR) is 87.7 cm³/mol. The summed E-state index contributed by atoms with van der Waals surface area (Å²) in [7, 11) is 0. The number of carbonyl (C=O) groups is 1. The Bertz CT molecular complexity index is 928. The highest BCUT2D eigenvalue weighted by Crippen LogP contribution is 2.33. The molecule has 116 valence electrons. The number of benzene rings is 1. The number of halogens is 1. The molecule has 0 unspecified atom stereocenters. The monoisotopic (exact) mass is 326 g/mol. The van der Waals surface area contributed by atoms with Crippen molar-refractivity contribution in [3.05, 3.63) is 46.7 Å². The van der Waals surface area contributed by atoms with Crippen LogP contribution in [0.25, 0.3) is 17.2 Å². The van der Waals surface area contributed by atoms with E-state index in [-0.39, 0.29) is 11.2 Å². The molecule has 0 radical (unpaired) electrons. The van der Waals surface area contributed by atoms with Crippen molar-refractivity contribution in [3.63, 3.8) is 0 Å². The maximum atomic E-state index is 12.3. The first-order chi connectivity index (χ1) is 10.9. The predicted octanol–water partition coefficient (Wildman–Crippen LogP) is 3.60. The molecule has 2 heterocycles. The van der Waals surface area contributed by atoms with E-state index in [1.165, 1.54) is 0 Å². The van der Waals surface area contributed by atoms with Crippen LogP contribution in [-0.2, 0) is 6.42 Å². The van der Waals surface area contributed by atoms with Gasteiger partial charge < -0.3 is 0 Å². The van der Waals surface area contributed by atoms with Gasteiger partial charge in [0.25, 0.3) is 5.78 Å². The van der Waals surface area contributed by atoms with Crippen molar-refractivity contribution in [2.75, 3.05) is 0 Å². The Morgan fingerprint density at radius 1 is 1.13 bits per heavy atom. The summed E-state index contributed by atoms with van der Waals surface area (Å²) in [6.45, 7) is 4.17. The SMILES string of the molecule is CC1(C)CC(=O)c2cn3nc(-c4ccc(Cl)cc4)nc3nc2C1. The van der Waals surface area contributed by atoms with Crippen LogP contribution in [0.1, 0.15) is 36.3 Å². The normalized spacial score (nSPS) is 16.6. The summed E-state index contributed by atoms with van der Waals surface area (Å²) in [4.78, 5) is 21.4. The molecule has 0 aliphatic heterocycles. The Hall–Kier alpha value is -2.27. The van der Waals surface area contributed by atoms with E-state index < -0.39 is 0 Å². The number of rotatable bonds is 1. The molecule has 0 bridgehead atoms. The van der Waals surface area contributed by atoms with Crippen LogP contribution >= 0.6 is 11.6 Å². The lowest BCUT2D eigenvalue weighted by Gasteiger charge is -2.28. The van der Waals surface area contributed by atoms with Gasteiger partial charge in [-0.1, -0.05) is 25.4 Å². The molecule has 0 fully saturated rings. The Balaban J connectivity index is 1.84. The van der Waals surface area contributed by atoms with E-state index in [0.717, 1.165) is 17.7 Å². The number of hydrogen-bond acceptors (Lipinski definition) is 4. The van der Waals surface area contributed by atoms with Crippen molar-refractivity contribution in [2.45, 2.75) is 26.7 Å². The highest BCUT2D eigenvalue weighted by atomic mass is 35.5. The molecule has 0 saturated carbocycles. The second-order valence-corrected chi connectivity index (χ2v) is 7.17. The van der Waals surface area contributed by atoms with E-state index in [0.29, 0.717) is 28.6 Å². The van der Waals surface area contributed by atoms with Gasteiger partial charge in [0.05, 0.1) is 11.3 Å². The van der Waals surface area contributed by atoms with Gasteiger partial charge in [-0.05, 0) is 36.1 Å². The Kier molecular flexibility index (Phi) is 3.03. The number of fused-ring (bicyclic) bond motifs is 2. The van der Waals surface area contributed by atoms with Crippen LogP contribution in [-0.4, -0.2) is 25.4 Å². The van der Waals surface area contributed by atoms with Crippen LogP contribution in [0.5, 0.6) is 0 Å². The molecule has 0 saturated heterocycles. The molecule has 0 amide bonds. The maximum absolute atomic E-state index is 12.3. The summed E-state index contributed by atoms with van der Waals surface area (Å²) >= 11 is 5.91. The first-order valence-corrected chi connectivity index (χ1v) is 7.85. The van der Waals surface area contributed by atoms with Gasteiger partial charge in [0, 0.05) is 23.2 Å². The van der Waals surface area contributed by atoms with Gasteiger partial charge >= 0.3 is 0 Å². The quantitative estimate of drug-likeness (QED) is 0.685. The average molecular weight is 327 g/mol. The molecule has 0 N–H and O–H groups in total. The van der Waals surface area contributed by atoms with Gasteiger partial charge in [-0.2, -0.15) is 4.98 Å². The lowest BCUT2D eigenvalue weighted by molar-refractivity contribution is 0.0909. The number of carbonyl (C=O) groups excluding carboxylic acids is 1. The summed E-state index contributed by atoms with van der Waals surface area (Å²) in [5.74, 6) is 1.21. The molecule has 6 heteroatoms. The first-order valence-electron chi connectivity index (χ1n) is 7.47. The molecule has 23 heavy (non-hydrogen) atoms. The maximum Gasteiger partial charge on any atom is 0.252 e. The van der Waals surface area contributed by atoms with E-state index in [1.54, 1.807) is 22.8 Å². The second-order valence-electron chi connectivity index (χ2n) is 6.73. The van der Waals surface area contributed by atoms with Gasteiger partial charge in [0.15, 0.2) is 11.6 Å². The minimum Gasteiger partial charge on any atom is -0.294 e. The molecule has 5 nitrogen and oxygen atoms in total. The number of nitrogens with zero attached hydrogens (tertiary/aromatic N) is 4. The summed E-state index contributed by atoms with van der Waals surface area (Å²) in [6, 6.07) is 7.33. The Morgan fingerprint density at radius 2 is 1.87 bits per heavy atom. The summed E-state index contributed by atoms with van der Waals surface area (Å²) in [5, 5.41) is 5.10. The highest BCUT2D eigenvalue weighted by molar-refractivity contribution is 6.30. The number of hydrogen-bond donors (Lipinski definition) is 0. The van der Waals surface area contributed by atoms with Crippen LogP contribution in [0.3, 0.4) is 0 Å². The van der Waals surface area contributed by atoms with E-state index in [2.05, 4.69) is 28.9 Å². The van der Waals surface area contributed by atoms with Gasteiger partial charge in [-0.25, -0.2) is 9.50 Å². The second kappa shape index (κ2) is 4.86. The number of Topliss-reactive ketones (excluding diaryl/α,β-unsaturated/α-hetero) is 1.